The molecule has 2 heterocycles. The normalized spacial score (nSPS) is 22.1. The molecule has 1 aromatic heterocycles. The smallest absolute Gasteiger partial charge is 0.108 e. The summed E-state index contributed by atoms with van der Waals surface area (Å²) >= 11 is 0. The third-order valence-corrected chi connectivity index (χ3v) is 4.77. The SMILES string of the molecule is c1ccc(COC[C@H]2O[C@@H](c3cnc[nH]3)C[C@H]2OCc2ccccc2)cc1. The Morgan fingerprint density at radius 1 is 0.963 bits per heavy atom. The van der Waals surface area contributed by atoms with Crippen molar-refractivity contribution in [3.05, 3.63) is 90.0 Å². The lowest BCUT2D eigenvalue weighted by Gasteiger charge is -2.19. The molecular weight excluding hydrogens is 340 g/mol. The van der Waals surface area contributed by atoms with Gasteiger partial charge in [-0.25, -0.2) is 4.98 Å². The second-order valence-corrected chi connectivity index (χ2v) is 6.74. The third-order valence-electron chi connectivity index (χ3n) is 4.77. The monoisotopic (exact) mass is 364 g/mol. The van der Waals surface area contributed by atoms with Crippen molar-refractivity contribution in [2.75, 3.05) is 6.61 Å². The predicted octanol–water partition coefficient (Wildman–Crippen LogP) is 4.04. The number of aromatic amines is 1. The molecule has 5 heteroatoms. The summed E-state index contributed by atoms with van der Waals surface area (Å²) < 4.78 is 18.3. The van der Waals surface area contributed by atoms with Crippen LogP contribution >= 0.6 is 0 Å². The molecule has 1 fully saturated rings. The molecule has 5 nitrogen and oxygen atoms in total. The highest BCUT2D eigenvalue weighted by molar-refractivity contribution is 5.14. The van der Waals surface area contributed by atoms with E-state index in [0.717, 1.165) is 23.2 Å². The van der Waals surface area contributed by atoms with Gasteiger partial charge in [-0.15, -0.1) is 0 Å². The van der Waals surface area contributed by atoms with Crippen LogP contribution < -0.4 is 0 Å². The van der Waals surface area contributed by atoms with Crippen molar-refractivity contribution in [1.29, 1.82) is 0 Å². The van der Waals surface area contributed by atoms with Gasteiger partial charge in [0.05, 0.1) is 44.1 Å². The lowest BCUT2D eigenvalue weighted by Crippen LogP contribution is -2.29. The van der Waals surface area contributed by atoms with Crippen LogP contribution in [-0.4, -0.2) is 28.8 Å². The Bertz CT molecular complexity index is 793. The van der Waals surface area contributed by atoms with Gasteiger partial charge in [0.15, 0.2) is 0 Å². The zero-order valence-electron chi connectivity index (χ0n) is 15.2. The lowest BCUT2D eigenvalue weighted by atomic mass is 10.1. The molecule has 3 aromatic rings. The van der Waals surface area contributed by atoms with E-state index in [2.05, 4.69) is 34.2 Å². The second-order valence-electron chi connectivity index (χ2n) is 6.74. The van der Waals surface area contributed by atoms with Crippen molar-refractivity contribution in [2.24, 2.45) is 0 Å². The van der Waals surface area contributed by atoms with Gasteiger partial charge in [-0.3, -0.25) is 0 Å². The Morgan fingerprint density at radius 2 is 1.67 bits per heavy atom. The van der Waals surface area contributed by atoms with Crippen LogP contribution in [0.1, 0.15) is 29.3 Å². The fourth-order valence-electron chi connectivity index (χ4n) is 3.33. The maximum atomic E-state index is 6.22. The summed E-state index contributed by atoms with van der Waals surface area (Å²) in [5, 5.41) is 0. The van der Waals surface area contributed by atoms with Gasteiger partial charge in [0, 0.05) is 6.42 Å². The van der Waals surface area contributed by atoms with E-state index in [4.69, 9.17) is 14.2 Å². The number of ether oxygens (including phenoxy) is 3. The van der Waals surface area contributed by atoms with Gasteiger partial charge in [0.1, 0.15) is 12.2 Å². The summed E-state index contributed by atoms with van der Waals surface area (Å²) in [7, 11) is 0. The first-order valence-corrected chi connectivity index (χ1v) is 9.29. The Kier molecular flexibility index (Phi) is 5.94. The number of hydrogen-bond donors (Lipinski definition) is 1. The largest absolute Gasteiger partial charge is 0.374 e. The number of H-pyrrole nitrogens is 1. The predicted molar refractivity (Wildman–Crippen MR) is 102 cm³/mol. The molecule has 1 aliphatic heterocycles. The zero-order chi connectivity index (χ0) is 18.3. The summed E-state index contributed by atoms with van der Waals surface area (Å²) in [6, 6.07) is 20.4. The van der Waals surface area contributed by atoms with Crippen molar-refractivity contribution < 1.29 is 14.2 Å². The van der Waals surface area contributed by atoms with Crippen molar-refractivity contribution in [3.63, 3.8) is 0 Å². The van der Waals surface area contributed by atoms with Gasteiger partial charge in [-0.2, -0.15) is 0 Å². The number of hydrogen-bond acceptors (Lipinski definition) is 4. The number of aromatic nitrogens is 2. The van der Waals surface area contributed by atoms with Crippen LogP contribution in [-0.2, 0) is 27.4 Å². The third kappa shape index (κ3) is 4.83. The molecule has 0 radical (unpaired) electrons. The second kappa shape index (κ2) is 8.95. The summed E-state index contributed by atoms with van der Waals surface area (Å²) in [6.07, 6.45) is 4.11. The minimum Gasteiger partial charge on any atom is -0.374 e. The van der Waals surface area contributed by atoms with E-state index in [-0.39, 0.29) is 18.3 Å². The number of nitrogens with one attached hydrogen (secondary N) is 1. The van der Waals surface area contributed by atoms with Crippen LogP contribution in [0.2, 0.25) is 0 Å². The molecule has 0 unspecified atom stereocenters. The van der Waals surface area contributed by atoms with Gasteiger partial charge >= 0.3 is 0 Å². The molecule has 27 heavy (non-hydrogen) atoms. The molecule has 4 rings (SSSR count). The van der Waals surface area contributed by atoms with Crippen LogP contribution in [0.25, 0.3) is 0 Å². The zero-order valence-corrected chi connectivity index (χ0v) is 15.2. The van der Waals surface area contributed by atoms with Gasteiger partial charge in [0.25, 0.3) is 0 Å². The maximum absolute atomic E-state index is 6.22. The summed E-state index contributed by atoms with van der Waals surface area (Å²) in [5.74, 6) is 0. The fourth-order valence-corrected chi connectivity index (χ4v) is 3.33. The molecule has 1 aliphatic rings. The topological polar surface area (TPSA) is 56.4 Å². The first-order valence-electron chi connectivity index (χ1n) is 9.29. The van der Waals surface area contributed by atoms with Crippen LogP contribution in [0.3, 0.4) is 0 Å². The van der Waals surface area contributed by atoms with Crippen molar-refractivity contribution in [2.45, 2.75) is 37.9 Å². The molecule has 3 atom stereocenters. The molecule has 0 saturated carbocycles. The Labute approximate surface area is 159 Å². The highest BCUT2D eigenvalue weighted by Gasteiger charge is 2.37. The minimum absolute atomic E-state index is 0.0192. The fraction of sp³-hybridized carbons (Fsp3) is 0.318. The van der Waals surface area contributed by atoms with E-state index in [1.165, 1.54) is 0 Å². The molecule has 0 bridgehead atoms. The first kappa shape index (κ1) is 17.9. The van der Waals surface area contributed by atoms with E-state index in [1.807, 2.05) is 42.6 Å². The quantitative estimate of drug-likeness (QED) is 0.655. The summed E-state index contributed by atoms with van der Waals surface area (Å²) in [4.78, 5) is 7.25. The van der Waals surface area contributed by atoms with Crippen LogP contribution in [0, 0.1) is 0 Å². The standard InChI is InChI=1S/C22H24N2O3/c1-3-7-17(8-4-1)13-25-15-22-21(26-14-18-9-5-2-6-10-18)11-20(27-22)19-12-23-16-24-19/h1-10,12,16,20-22H,11,13-15H2,(H,23,24)/t20-,21-,22-/m1/s1. The maximum Gasteiger partial charge on any atom is 0.108 e. The molecule has 1 N–H and O–H groups in total. The highest BCUT2D eigenvalue weighted by Crippen LogP contribution is 2.34. The Hall–Kier alpha value is -2.47. The number of imidazole rings is 1. The van der Waals surface area contributed by atoms with Crippen molar-refractivity contribution >= 4 is 0 Å². The Morgan fingerprint density at radius 3 is 2.33 bits per heavy atom. The van der Waals surface area contributed by atoms with Gasteiger partial charge in [0.2, 0.25) is 0 Å². The van der Waals surface area contributed by atoms with E-state index < -0.39 is 0 Å². The van der Waals surface area contributed by atoms with Gasteiger partial charge in [-0.05, 0) is 11.1 Å². The van der Waals surface area contributed by atoms with Crippen LogP contribution in [0.4, 0.5) is 0 Å². The van der Waals surface area contributed by atoms with Gasteiger partial charge < -0.3 is 19.2 Å². The molecule has 0 aliphatic carbocycles. The minimum atomic E-state index is -0.106. The molecule has 1 saturated heterocycles. The van der Waals surface area contributed by atoms with E-state index >= 15 is 0 Å². The van der Waals surface area contributed by atoms with Crippen LogP contribution in [0.5, 0.6) is 0 Å². The number of nitrogens with zero attached hydrogens (tertiary/aromatic N) is 1. The number of benzene rings is 2. The van der Waals surface area contributed by atoms with Gasteiger partial charge in [-0.1, -0.05) is 60.7 Å². The van der Waals surface area contributed by atoms with E-state index in [9.17, 15) is 0 Å². The average Bonchev–Trinajstić information content (AvgIpc) is 3.38. The number of rotatable bonds is 8. The first-order chi connectivity index (χ1) is 13.4. The van der Waals surface area contributed by atoms with Crippen molar-refractivity contribution in [3.8, 4) is 0 Å². The summed E-state index contributed by atoms with van der Waals surface area (Å²) in [6.45, 7) is 1.64. The average molecular weight is 364 g/mol. The van der Waals surface area contributed by atoms with E-state index in [0.29, 0.717) is 19.8 Å². The van der Waals surface area contributed by atoms with Crippen LogP contribution in [0.15, 0.2) is 73.2 Å². The lowest BCUT2D eigenvalue weighted by molar-refractivity contribution is -0.0720. The molecule has 140 valence electrons. The Balaban J connectivity index is 1.36. The van der Waals surface area contributed by atoms with E-state index in [1.54, 1.807) is 6.33 Å². The molecule has 0 spiro atoms. The molecule has 2 aromatic carbocycles. The highest BCUT2D eigenvalue weighted by atomic mass is 16.6. The molecular formula is C22H24N2O3. The van der Waals surface area contributed by atoms with Crippen molar-refractivity contribution in [1.82, 2.24) is 9.97 Å². The summed E-state index contributed by atoms with van der Waals surface area (Å²) in [5.41, 5.74) is 3.29. The molecule has 0 amide bonds.